The molecule has 1 aromatic carbocycles. The molecule has 0 saturated carbocycles. The molecule has 3 nitrogen and oxygen atoms in total. The van der Waals surface area contributed by atoms with E-state index < -0.39 is 24.1 Å². The van der Waals surface area contributed by atoms with E-state index in [-0.39, 0.29) is 12.1 Å². The zero-order valence-electron chi connectivity index (χ0n) is 9.80. The molecule has 2 amide bonds. The van der Waals surface area contributed by atoms with Gasteiger partial charge >= 0.3 is 12.2 Å². The topological polar surface area (TPSA) is 41.1 Å². The van der Waals surface area contributed by atoms with Gasteiger partial charge in [0.05, 0.1) is 0 Å². The molecule has 19 heavy (non-hydrogen) atoms. The van der Waals surface area contributed by atoms with Crippen molar-refractivity contribution >= 4 is 6.03 Å². The molecule has 0 spiro atoms. The molecule has 0 heterocycles. The van der Waals surface area contributed by atoms with Crippen LogP contribution in [0.4, 0.5) is 22.4 Å². The molecule has 0 aliphatic carbocycles. The smallest absolute Gasteiger partial charge is 0.335 e. The fourth-order valence-corrected chi connectivity index (χ4v) is 1.36. The van der Waals surface area contributed by atoms with E-state index >= 15 is 0 Å². The Balaban J connectivity index is 2.87. The fraction of sp³-hybridized carbons (Fsp3) is 0.250. The fourth-order valence-electron chi connectivity index (χ4n) is 1.36. The summed E-state index contributed by atoms with van der Waals surface area (Å²) in [7, 11) is 0. The van der Waals surface area contributed by atoms with Crippen LogP contribution in [0.5, 0.6) is 0 Å². The summed E-state index contributed by atoms with van der Waals surface area (Å²) in [6.45, 7) is 3.36. The average molecular weight is 276 g/mol. The number of alkyl halides is 3. The number of amides is 2. The first-order valence-corrected chi connectivity index (χ1v) is 5.32. The molecule has 2 N–H and O–H groups in total. The second-order valence-electron chi connectivity index (χ2n) is 3.67. The number of hydrogen-bond donors (Lipinski definition) is 2. The molecule has 0 unspecified atom stereocenters. The van der Waals surface area contributed by atoms with Crippen LogP contribution in [0.25, 0.3) is 0 Å². The highest BCUT2D eigenvalue weighted by atomic mass is 19.4. The summed E-state index contributed by atoms with van der Waals surface area (Å²) in [6.07, 6.45) is -3.34. The van der Waals surface area contributed by atoms with Crippen LogP contribution in [0.1, 0.15) is 11.6 Å². The lowest BCUT2D eigenvalue weighted by Crippen LogP contribution is -2.43. The van der Waals surface area contributed by atoms with Crippen molar-refractivity contribution in [2.75, 3.05) is 6.54 Å². The van der Waals surface area contributed by atoms with E-state index in [0.717, 1.165) is 24.3 Å². The molecule has 0 aromatic heterocycles. The molecule has 7 heteroatoms. The number of urea groups is 1. The largest absolute Gasteiger partial charge is 0.412 e. The monoisotopic (exact) mass is 276 g/mol. The Morgan fingerprint density at radius 1 is 1.32 bits per heavy atom. The highest BCUT2D eigenvalue weighted by Crippen LogP contribution is 2.32. The molecular weight excluding hydrogens is 264 g/mol. The number of nitrogens with one attached hydrogen (secondary N) is 2. The van der Waals surface area contributed by atoms with Crippen molar-refractivity contribution in [3.8, 4) is 0 Å². The lowest BCUT2D eigenvalue weighted by Gasteiger charge is -2.22. The van der Waals surface area contributed by atoms with Gasteiger partial charge in [-0.25, -0.2) is 9.18 Å². The van der Waals surface area contributed by atoms with E-state index in [0.29, 0.717) is 0 Å². The highest BCUT2D eigenvalue weighted by molar-refractivity contribution is 5.74. The first kappa shape index (κ1) is 15.0. The standard InChI is InChI=1S/C12H12F4N2O/c1-2-7-17-11(19)18-10(12(14,15)16)8-3-5-9(13)6-4-8/h2-6,10H,1,7H2,(H2,17,18,19)/t10-/m0/s1. The van der Waals surface area contributed by atoms with Crippen molar-refractivity contribution in [1.29, 1.82) is 0 Å². The van der Waals surface area contributed by atoms with Crippen molar-refractivity contribution in [3.63, 3.8) is 0 Å². The van der Waals surface area contributed by atoms with Crippen LogP contribution in [0.2, 0.25) is 0 Å². The zero-order valence-corrected chi connectivity index (χ0v) is 9.80. The zero-order chi connectivity index (χ0) is 14.5. The van der Waals surface area contributed by atoms with E-state index in [1.807, 2.05) is 0 Å². The van der Waals surface area contributed by atoms with Crippen molar-refractivity contribution in [3.05, 3.63) is 48.3 Å². The van der Waals surface area contributed by atoms with E-state index in [4.69, 9.17) is 0 Å². The molecule has 1 rings (SSSR count). The van der Waals surface area contributed by atoms with Crippen LogP contribution in [0, 0.1) is 5.82 Å². The van der Waals surface area contributed by atoms with Crippen molar-refractivity contribution in [2.24, 2.45) is 0 Å². The van der Waals surface area contributed by atoms with Gasteiger partial charge in [-0.2, -0.15) is 13.2 Å². The van der Waals surface area contributed by atoms with E-state index in [9.17, 15) is 22.4 Å². The number of carbonyl (C=O) groups is 1. The van der Waals surface area contributed by atoms with Gasteiger partial charge in [-0.3, -0.25) is 0 Å². The van der Waals surface area contributed by atoms with Gasteiger partial charge < -0.3 is 10.6 Å². The molecule has 1 aromatic rings. The van der Waals surface area contributed by atoms with Crippen LogP contribution in [0.15, 0.2) is 36.9 Å². The molecule has 0 fully saturated rings. The maximum Gasteiger partial charge on any atom is 0.412 e. The van der Waals surface area contributed by atoms with Crippen LogP contribution in [0.3, 0.4) is 0 Å². The first-order valence-electron chi connectivity index (χ1n) is 5.32. The Morgan fingerprint density at radius 3 is 2.37 bits per heavy atom. The summed E-state index contributed by atoms with van der Waals surface area (Å²) in [5.74, 6) is -0.652. The predicted octanol–water partition coefficient (Wildman–Crippen LogP) is 2.91. The molecule has 0 bridgehead atoms. The number of hydrogen-bond acceptors (Lipinski definition) is 1. The van der Waals surface area contributed by atoms with Crippen LogP contribution in [-0.4, -0.2) is 18.8 Å². The van der Waals surface area contributed by atoms with E-state index in [2.05, 4.69) is 11.9 Å². The summed E-state index contributed by atoms with van der Waals surface area (Å²) < 4.78 is 51.2. The van der Waals surface area contributed by atoms with Gasteiger partial charge in [0.2, 0.25) is 0 Å². The number of rotatable bonds is 4. The quantitative estimate of drug-likeness (QED) is 0.644. The predicted molar refractivity (Wildman–Crippen MR) is 61.9 cm³/mol. The van der Waals surface area contributed by atoms with Gasteiger partial charge in [0.1, 0.15) is 5.82 Å². The highest BCUT2D eigenvalue weighted by Gasteiger charge is 2.41. The number of benzene rings is 1. The summed E-state index contributed by atoms with van der Waals surface area (Å²) in [6, 6.07) is 0.571. The number of halogens is 4. The lowest BCUT2D eigenvalue weighted by atomic mass is 10.1. The van der Waals surface area contributed by atoms with E-state index in [1.165, 1.54) is 6.08 Å². The Kier molecular flexibility index (Phi) is 4.91. The maximum atomic E-state index is 12.8. The second kappa shape index (κ2) is 6.21. The van der Waals surface area contributed by atoms with Gasteiger partial charge in [-0.15, -0.1) is 6.58 Å². The summed E-state index contributed by atoms with van der Waals surface area (Å²) in [4.78, 5) is 11.3. The van der Waals surface area contributed by atoms with Gasteiger partial charge in [0, 0.05) is 6.54 Å². The summed E-state index contributed by atoms with van der Waals surface area (Å²) in [5, 5.41) is 3.96. The third-order valence-corrected chi connectivity index (χ3v) is 2.21. The Labute approximate surface area is 107 Å². The van der Waals surface area contributed by atoms with Gasteiger partial charge in [-0.1, -0.05) is 18.2 Å². The average Bonchev–Trinajstić information content (AvgIpc) is 2.33. The normalized spacial score (nSPS) is 12.6. The first-order chi connectivity index (χ1) is 8.84. The number of carbonyl (C=O) groups excluding carboxylic acids is 1. The molecular formula is C12H12F4N2O. The third-order valence-electron chi connectivity index (χ3n) is 2.21. The van der Waals surface area contributed by atoms with Crippen LogP contribution < -0.4 is 10.6 Å². The Morgan fingerprint density at radius 2 is 1.89 bits per heavy atom. The molecule has 0 radical (unpaired) electrons. The summed E-state index contributed by atoms with van der Waals surface area (Å²) in [5.41, 5.74) is -0.248. The van der Waals surface area contributed by atoms with Crippen molar-refractivity contribution < 1.29 is 22.4 Å². The Hall–Kier alpha value is -2.05. The van der Waals surface area contributed by atoms with Crippen molar-refractivity contribution in [2.45, 2.75) is 12.2 Å². The van der Waals surface area contributed by atoms with Crippen LogP contribution >= 0.6 is 0 Å². The minimum atomic E-state index is -4.68. The maximum absolute atomic E-state index is 12.8. The minimum absolute atomic E-state index is 0.0415. The lowest BCUT2D eigenvalue weighted by molar-refractivity contribution is -0.154. The molecule has 0 aliphatic rings. The molecule has 0 saturated heterocycles. The molecule has 104 valence electrons. The van der Waals surface area contributed by atoms with Crippen molar-refractivity contribution in [1.82, 2.24) is 10.6 Å². The second-order valence-corrected chi connectivity index (χ2v) is 3.67. The minimum Gasteiger partial charge on any atom is -0.335 e. The van der Waals surface area contributed by atoms with E-state index in [1.54, 1.807) is 5.32 Å². The van der Waals surface area contributed by atoms with Gasteiger partial charge in [-0.05, 0) is 17.7 Å². The summed E-state index contributed by atoms with van der Waals surface area (Å²) >= 11 is 0. The van der Waals surface area contributed by atoms with Gasteiger partial charge in [0.15, 0.2) is 6.04 Å². The molecule has 1 atom stereocenters. The third kappa shape index (κ3) is 4.61. The van der Waals surface area contributed by atoms with Crippen LogP contribution in [-0.2, 0) is 0 Å². The SMILES string of the molecule is C=CCNC(=O)N[C@@H](c1ccc(F)cc1)C(F)(F)F. The Bertz CT molecular complexity index is 442. The van der Waals surface area contributed by atoms with Gasteiger partial charge in [0.25, 0.3) is 0 Å². The molecule has 0 aliphatic heterocycles.